The molecule has 4 heteroatoms. The normalized spacial score (nSPS) is 9.94. The van der Waals surface area contributed by atoms with Crippen LogP contribution in [0.4, 0.5) is 0 Å². The van der Waals surface area contributed by atoms with Gasteiger partial charge in [-0.1, -0.05) is 19.1 Å². The van der Waals surface area contributed by atoms with Crippen LogP contribution in [0.1, 0.15) is 18.3 Å². The molecule has 0 bridgehead atoms. The summed E-state index contributed by atoms with van der Waals surface area (Å²) in [7, 11) is 0. The zero-order chi connectivity index (χ0) is 12.3. The average molecular weight is 288 g/mol. The summed E-state index contributed by atoms with van der Waals surface area (Å²) in [6.07, 6.45) is 0.782. The van der Waals surface area contributed by atoms with Crippen LogP contribution in [-0.2, 0) is 6.42 Å². The van der Waals surface area contributed by atoms with Crippen molar-refractivity contribution in [3.8, 4) is 17.3 Å². The number of aryl methyl sites for hydroxylation is 1. The van der Waals surface area contributed by atoms with E-state index in [1.54, 1.807) is 6.07 Å². The van der Waals surface area contributed by atoms with Gasteiger partial charge in [0, 0.05) is 12.0 Å². The van der Waals surface area contributed by atoms with Crippen molar-refractivity contribution in [1.82, 2.24) is 9.97 Å². The fourth-order valence-electron chi connectivity index (χ4n) is 1.52. The van der Waals surface area contributed by atoms with Crippen molar-refractivity contribution < 1.29 is 0 Å². The van der Waals surface area contributed by atoms with Gasteiger partial charge >= 0.3 is 0 Å². The van der Waals surface area contributed by atoms with Crippen LogP contribution in [0, 0.1) is 11.3 Å². The van der Waals surface area contributed by atoms with Gasteiger partial charge in [0.15, 0.2) is 0 Å². The van der Waals surface area contributed by atoms with Crippen LogP contribution in [0.2, 0.25) is 0 Å². The summed E-state index contributed by atoms with van der Waals surface area (Å²) in [5.74, 6) is 0.789. The topological polar surface area (TPSA) is 49.6 Å². The molecule has 0 unspecified atom stereocenters. The van der Waals surface area contributed by atoms with Crippen LogP contribution in [0.3, 0.4) is 0 Å². The van der Waals surface area contributed by atoms with E-state index in [0.717, 1.165) is 28.1 Å². The largest absolute Gasteiger partial charge is 0.233 e. The highest BCUT2D eigenvalue weighted by Gasteiger charge is 2.05. The number of hydrogen-bond acceptors (Lipinski definition) is 3. The Balaban J connectivity index is 2.52. The third kappa shape index (κ3) is 2.69. The van der Waals surface area contributed by atoms with Crippen molar-refractivity contribution in [3.63, 3.8) is 0 Å². The lowest BCUT2D eigenvalue weighted by atomic mass is 10.1. The van der Waals surface area contributed by atoms with E-state index in [1.165, 1.54) is 0 Å². The zero-order valence-electron chi connectivity index (χ0n) is 9.31. The van der Waals surface area contributed by atoms with E-state index in [9.17, 15) is 0 Å². The Morgan fingerprint density at radius 3 is 2.82 bits per heavy atom. The summed E-state index contributed by atoms with van der Waals surface area (Å²) in [5.41, 5.74) is 2.40. The molecule has 1 aromatic carbocycles. The van der Waals surface area contributed by atoms with Gasteiger partial charge in [0.25, 0.3) is 0 Å². The van der Waals surface area contributed by atoms with Crippen molar-refractivity contribution >= 4 is 15.9 Å². The number of rotatable bonds is 2. The first-order valence-electron chi connectivity index (χ1n) is 5.27. The molecule has 0 amide bonds. The average Bonchev–Trinajstić information content (AvgIpc) is 2.38. The molecule has 3 nitrogen and oxygen atoms in total. The lowest BCUT2D eigenvalue weighted by molar-refractivity contribution is 0.931. The molecule has 0 fully saturated rings. The molecular formula is C13H10BrN3. The summed E-state index contributed by atoms with van der Waals surface area (Å²) in [6.45, 7) is 2.01. The van der Waals surface area contributed by atoms with Crippen molar-refractivity contribution in [2.75, 3.05) is 0 Å². The van der Waals surface area contributed by atoms with Gasteiger partial charge < -0.3 is 0 Å². The lowest BCUT2D eigenvalue weighted by Gasteiger charge is -2.04. The minimum atomic E-state index is 0.635. The molecule has 17 heavy (non-hydrogen) atoms. The predicted molar refractivity (Wildman–Crippen MR) is 69.3 cm³/mol. The third-order valence-corrected chi connectivity index (χ3v) is 2.75. The van der Waals surface area contributed by atoms with Gasteiger partial charge in [-0.2, -0.15) is 5.26 Å². The summed E-state index contributed by atoms with van der Waals surface area (Å²) >= 11 is 3.37. The van der Waals surface area contributed by atoms with Crippen LogP contribution in [0.5, 0.6) is 0 Å². The molecule has 1 heterocycles. The summed E-state index contributed by atoms with van der Waals surface area (Å²) < 4.78 is 0.765. The van der Waals surface area contributed by atoms with E-state index < -0.39 is 0 Å². The van der Waals surface area contributed by atoms with Crippen LogP contribution >= 0.6 is 15.9 Å². The summed E-state index contributed by atoms with van der Waals surface area (Å²) in [4.78, 5) is 8.71. The van der Waals surface area contributed by atoms with Crippen molar-refractivity contribution in [2.45, 2.75) is 13.3 Å². The molecular weight excluding hydrogens is 278 g/mol. The Labute approximate surface area is 108 Å². The standard InChI is InChI=1S/C13H10BrN3/c1-2-13-16-11(7-12(14)17-13)10-5-3-4-9(6-10)8-15/h3-7H,2H2,1H3. The molecule has 2 aromatic rings. The van der Waals surface area contributed by atoms with Crippen molar-refractivity contribution in [3.05, 3.63) is 46.3 Å². The quantitative estimate of drug-likeness (QED) is 0.796. The van der Waals surface area contributed by atoms with E-state index in [0.29, 0.717) is 5.56 Å². The number of hydrogen-bond donors (Lipinski definition) is 0. The Morgan fingerprint density at radius 2 is 2.12 bits per heavy atom. The second-order valence-electron chi connectivity index (χ2n) is 3.54. The second-order valence-corrected chi connectivity index (χ2v) is 4.35. The molecule has 84 valence electrons. The molecule has 0 N–H and O–H groups in total. The summed E-state index contributed by atoms with van der Waals surface area (Å²) in [5, 5.41) is 8.87. The number of halogens is 1. The van der Waals surface area contributed by atoms with Gasteiger partial charge in [-0.15, -0.1) is 0 Å². The minimum Gasteiger partial charge on any atom is -0.233 e. The van der Waals surface area contributed by atoms with Crippen LogP contribution < -0.4 is 0 Å². The lowest BCUT2D eigenvalue weighted by Crippen LogP contribution is -1.95. The van der Waals surface area contributed by atoms with Crippen molar-refractivity contribution in [2.24, 2.45) is 0 Å². The molecule has 0 aliphatic carbocycles. The minimum absolute atomic E-state index is 0.635. The molecule has 0 atom stereocenters. The van der Waals surface area contributed by atoms with Crippen LogP contribution in [0.25, 0.3) is 11.3 Å². The van der Waals surface area contributed by atoms with Gasteiger partial charge in [0.1, 0.15) is 10.4 Å². The Morgan fingerprint density at radius 1 is 1.29 bits per heavy atom. The maximum atomic E-state index is 8.87. The Kier molecular flexibility index (Phi) is 3.50. The third-order valence-electron chi connectivity index (χ3n) is 2.34. The fraction of sp³-hybridized carbons (Fsp3) is 0.154. The number of aromatic nitrogens is 2. The Hall–Kier alpha value is -1.73. The second kappa shape index (κ2) is 5.07. The highest BCUT2D eigenvalue weighted by Crippen LogP contribution is 2.21. The maximum Gasteiger partial charge on any atom is 0.130 e. The molecule has 0 saturated carbocycles. The first-order valence-corrected chi connectivity index (χ1v) is 6.06. The van der Waals surface area contributed by atoms with Gasteiger partial charge in [-0.25, -0.2) is 9.97 Å². The first kappa shape index (κ1) is 11.7. The number of nitriles is 1. The molecule has 0 aliphatic heterocycles. The highest BCUT2D eigenvalue weighted by atomic mass is 79.9. The van der Waals surface area contributed by atoms with E-state index in [2.05, 4.69) is 32.0 Å². The molecule has 1 aromatic heterocycles. The van der Waals surface area contributed by atoms with E-state index in [1.807, 2.05) is 31.2 Å². The van der Waals surface area contributed by atoms with Gasteiger partial charge in [0.2, 0.25) is 0 Å². The van der Waals surface area contributed by atoms with Crippen molar-refractivity contribution in [1.29, 1.82) is 5.26 Å². The van der Waals surface area contributed by atoms with E-state index in [-0.39, 0.29) is 0 Å². The summed E-state index contributed by atoms with van der Waals surface area (Å²) in [6, 6.07) is 11.4. The molecule has 0 aliphatic rings. The predicted octanol–water partition coefficient (Wildman–Crippen LogP) is 3.34. The molecule has 0 saturated heterocycles. The maximum absolute atomic E-state index is 8.87. The fourth-order valence-corrected chi connectivity index (χ4v) is 1.94. The first-order chi connectivity index (χ1) is 8.22. The van der Waals surface area contributed by atoms with E-state index >= 15 is 0 Å². The highest BCUT2D eigenvalue weighted by molar-refractivity contribution is 9.10. The van der Waals surface area contributed by atoms with Crippen LogP contribution in [-0.4, -0.2) is 9.97 Å². The van der Waals surface area contributed by atoms with Crippen LogP contribution in [0.15, 0.2) is 34.9 Å². The Bertz CT molecular complexity index is 587. The smallest absolute Gasteiger partial charge is 0.130 e. The molecule has 2 rings (SSSR count). The molecule has 0 radical (unpaired) electrons. The zero-order valence-corrected chi connectivity index (χ0v) is 10.9. The number of nitrogens with zero attached hydrogens (tertiary/aromatic N) is 3. The number of benzene rings is 1. The SMILES string of the molecule is CCc1nc(Br)cc(-c2cccc(C#N)c2)n1. The van der Waals surface area contributed by atoms with Gasteiger partial charge in [0.05, 0.1) is 17.3 Å². The van der Waals surface area contributed by atoms with Gasteiger partial charge in [-0.05, 0) is 34.1 Å². The van der Waals surface area contributed by atoms with E-state index in [4.69, 9.17) is 5.26 Å². The monoisotopic (exact) mass is 287 g/mol. The molecule has 0 spiro atoms. The van der Waals surface area contributed by atoms with Gasteiger partial charge in [-0.3, -0.25) is 0 Å².